The molecule has 0 aliphatic rings. The average molecular weight is 345 g/mol. The van der Waals surface area contributed by atoms with Crippen LogP contribution in [0.5, 0.6) is 0 Å². The fourth-order valence-corrected chi connectivity index (χ4v) is 5.24. The molecule has 0 aliphatic heterocycles. The van der Waals surface area contributed by atoms with Crippen LogP contribution in [0.1, 0.15) is 16.7 Å². The SMILES string of the molecule is CCNCc1ccc(S(=O)(=O)N(C)CCc2cccs2)s1. The molecule has 2 heterocycles. The van der Waals surface area contributed by atoms with E-state index in [9.17, 15) is 8.42 Å². The molecule has 2 aromatic heterocycles. The number of hydrogen-bond donors (Lipinski definition) is 1. The Morgan fingerprint density at radius 3 is 2.71 bits per heavy atom. The van der Waals surface area contributed by atoms with E-state index in [4.69, 9.17) is 0 Å². The van der Waals surface area contributed by atoms with Gasteiger partial charge in [-0.05, 0) is 36.5 Å². The van der Waals surface area contributed by atoms with Crippen molar-refractivity contribution in [2.75, 3.05) is 20.1 Å². The Balaban J connectivity index is 2.00. The third-order valence-electron chi connectivity index (χ3n) is 3.10. The minimum absolute atomic E-state index is 0.420. The Hall–Kier alpha value is -0.730. The average Bonchev–Trinajstić information content (AvgIpc) is 3.13. The van der Waals surface area contributed by atoms with E-state index < -0.39 is 10.0 Å². The summed E-state index contributed by atoms with van der Waals surface area (Å²) in [5.41, 5.74) is 0. The Labute approximate surface area is 134 Å². The van der Waals surface area contributed by atoms with Gasteiger partial charge in [0.25, 0.3) is 10.0 Å². The lowest BCUT2D eigenvalue weighted by Gasteiger charge is -2.15. The van der Waals surface area contributed by atoms with Crippen LogP contribution in [0.2, 0.25) is 0 Å². The Morgan fingerprint density at radius 2 is 2.05 bits per heavy atom. The summed E-state index contributed by atoms with van der Waals surface area (Å²) in [6.45, 7) is 4.13. The highest BCUT2D eigenvalue weighted by atomic mass is 32.2. The fraction of sp³-hybridized carbons (Fsp3) is 0.429. The van der Waals surface area contributed by atoms with Crippen molar-refractivity contribution < 1.29 is 8.42 Å². The zero-order chi connectivity index (χ0) is 15.3. The van der Waals surface area contributed by atoms with Crippen LogP contribution in [0, 0.1) is 0 Å². The predicted molar refractivity (Wildman–Crippen MR) is 89.5 cm³/mol. The number of hydrogen-bond acceptors (Lipinski definition) is 5. The fourth-order valence-electron chi connectivity index (χ4n) is 1.84. The maximum atomic E-state index is 12.5. The molecular weight excluding hydrogens is 324 g/mol. The van der Waals surface area contributed by atoms with E-state index in [0.717, 1.165) is 24.4 Å². The number of rotatable bonds is 8. The minimum Gasteiger partial charge on any atom is -0.312 e. The van der Waals surface area contributed by atoms with E-state index in [1.165, 1.54) is 20.5 Å². The Bertz CT molecular complexity index is 648. The summed E-state index contributed by atoms with van der Waals surface area (Å²) in [6, 6.07) is 7.60. The van der Waals surface area contributed by atoms with E-state index >= 15 is 0 Å². The van der Waals surface area contributed by atoms with Crippen LogP contribution in [0.25, 0.3) is 0 Å². The first-order valence-corrected chi connectivity index (χ1v) is 9.96. The van der Waals surface area contributed by atoms with Gasteiger partial charge in [0.15, 0.2) is 0 Å². The van der Waals surface area contributed by atoms with Gasteiger partial charge in [0.2, 0.25) is 0 Å². The maximum absolute atomic E-state index is 12.5. The molecule has 0 amide bonds. The van der Waals surface area contributed by atoms with Crippen LogP contribution >= 0.6 is 22.7 Å². The van der Waals surface area contributed by atoms with Crippen LogP contribution < -0.4 is 5.32 Å². The molecule has 0 saturated carbocycles. The second-order valence-corrected chi connectivity index (χ2v) is 9.13. The number of thiophene rings is 2. The Morgan fingerprint density at radius 1 is 1.24 bits per heavy atom. The summed E-state index contributed by atoms with van der Waals surface area (Å²) in [7, 11) is -1.72. The highest BCUT2D eigenvalue weighted by molar-refractivity contribution is 7.91. The molecule has 0 spiro atoms. The second kappa shape index (κ2) is 7.51. The largest absolute Gasteiger partial charge is 0.312 e. The van der Waals surface area contributed by atoms with Gasteiger partial charge in [-0.3, -0.25) is 0 Å². The van der Waals surface area contributed by atoms with Crippen molar-refractivity contribution in [3.05, 3.63) is 39.4 Å². The number of sulfonamides is 1. The van der Waals surface area contributed by atoms with Gasteiger partial charge < -0.3 is 5.32 Å². The highest BCUT2D eigenvalue weighted by Gasteiger charge is 2.22. The number of nitrogens with zero attached hydrogens (tertiary/aromatic N) is 1. The maximum Gasteiger partial charge on any atom is 0.252 e. The van der Waals surface area contributed by atoms with Gasteiger partial charge in [0, 0.05) is 29.9 Å². The second-order valence-electron chi connectivity index (χ2n) is 4.66. The van der Waals surface area contributed by atoms with E-state index in [2.05, 4.69) is 5.32 Å². The predicted octanol–water partition coefficient (Wildman–Crippen LogP) is 2.78. The third kappa shape index (κ3) is 4.37. The van der Waals surface area contributed by atoms with Crippen LogP contribution in [0.15, 0.2) is 33.9 Å². The lowest BCUT2D eigenvalue weighted by atomic mass is 10.3. The number of nitrogens with one attached hydrogen (secondary N) is 1. The molecule has 7 heteroatoms. The molecule has 0 unspecified atom stereocenters. The molecule has 21 heavy (non-hydrogen) atoms. The molecule has 1 N–H and O–H groups in total. The molecule has 0 radical (unpaired) electrons. The lowest BCUT2D eigenvalue weighted by Crippen LogP contribution is -2.28. The van der Waals surface area contributed by atoms with Gasteiger partial charge >= 0.3 is 0 Å². The monoisotopic (exact) mass is 344 g/mol. The quantitative estimate of drug-likeness (QED) is 0.801. The van der Waals surface area contributed by atoms with Crippen molar-refractivity contribution in [1.29, 1.82) is 0 Å². The third-order valence-corrected chi connectivity index (χ3v) is 7.45. The minimum atomic E-state index is -3.37. The first-order chi connectivity index (χ1) is 10.0. The van der Waals surface area contributed by atoms with Gasteiger partial charge in [0.05, 0.1) is 0 Å². The van der Waals surface area contributed by atoms with Crippen molar-refractivity contribution in [3.8, 4) is 0 Å². The zero-order valence-electron chi connectivity index (χ0n) is 12.2. The molecule has 2 aromatic rings. The van der Waals surface area contributed by atoms with Crippen molar-refractivity contribution in [3.63, 3.8) is 0 Å². The van der Waals surface area contributed by atoms with E-state index in [1.807, 2.05) is 30.5 Å². The van der Waals surface area contributed by atoms with E-state index in [1.54, 1.807) is 24.5 Å². The van der Waals surface area contributed by atoms with E-state index in [-0.39, 0.29) is 0 Å². The number of likely N-dealkylation sites (N-methyl/N-ethyl adjacent to an activating group) is 1. The lowest BCUT2D eigenvalue weighted by molar-refractivity contribution is 0.475. The summed E-state index contributed by atoms with van der Waals surface area (Å²) < 4.78 is 26.9. The zero-order valence-corrected chi connectivity index (χ0v) is 14.7. The van der Waals surface area contributed by atoms with Gasteiger partial charge in [-0.1, -0.05) is 13.0 Å². The van der Waals surface area contributed by atoms with Gasteiger partial charge in [0.1, 0.15) is 4.21 Å². The standard InChI is InChI=1S/C14H20N2O2S3/c1-3-15-11-13-6-7-14(20-13)21(17,18)16(2)9-8-12-5-4-10-19-12/h4-7,10,15H,3,8-9,11H2,1-2H3. The van der Waals surface area contributed by atoms with E-state index in [0.29, 0.717) is 10.8 Å². The summed E-state index contributed by atoms with van der Waals surface area (Å²) in [5.74, 6) is 0. The summed E-state index contributed by atoms with van der Waals surface area (Å²) in [5, 5.41) is 5.22. The van der Waals surface area contributed by atoms with Crippen LogP contribution in [-0.4, -0.2) is 32.9 Å². The van der Waals surface area contributed by atoms with Crippen molar-refractivity contribution >= 4 is 32.7 Å². The topological polar surface area (TPSA) is 49.4 Å². The summed E-state index contributed by atoms with van der Waals surface area (Å²) >= 11 is 3.00. The molecule has 2 rings (SSSR count). The molecule has 0 saturated heterocycles. The highest BCUT2D eigenvalue weighted by Crippen LogP contribution is 2.24. The first-order valence-electron chi connectivity index (χ1n) is 6.82. The molecule has 0 atom stereocenters. The molecule has 0 aromatic carbocycles. The molecule has 116 valence electrons. The van der Waals surface area contributed by atoms with Crippen LogP contribution in [0.3, 0.4) is 0 Å². The van der Waals surface area contributed by atoms with Gasteiger partial charge in [-0.25, -0.2) is 8.42 Å². The molecule has 0 bridgehead atoms. The van der Waals surface area contributed by atoms with Crippen LogP contribution in [0.4, 0.5) is 0 Å². The smallest absolute Gasteiger partial charge is 0.252 e. The Kier molecular flexibility index (Phi) is 5.95. The molecular formula is C14H20N2O2S3. The molecule has 4 nitrogen and oxygen atoms in total. The molecule has 0 fully saturated rings. The molecule has 0 aliphatic carbocycles. The van der Waals surface area contributed by atoms with Gasteiger partial charge in [-0.2, -0.15) is 4.31 Å². The summed E-state index contributed by atoms with van der Waals surface area (Å²) in [6.07, 6.45) is 0.753. The van der Waals surface area contributed by atoms with Crippen molar-refractivity contribution in [2.45, 2.75) is 24.1 Å². The van der Waals surface area contributed by atoms with Crippen molar-refractivity contribution in [2.24, 2.45) is 0 Å². The normalized spacial score (nSPS) is 12.1. The first kappa shape index (κ1) is 16.6. The summed E-state index contributed by atoms with van der Waals surface area (Å²) in [4.78, 5) is 2.25. The van der Waals surface area contributed by atoms with Crippen LogP contribution in [-0.2, 0) is 23.0 Å². The van der Waals surface area contributed by atoms with Crippen molar-refractivity contribution in [1.82, 2.24) is 9.62 Å². The van der Waals surface area contributed by atoms with Gasteiger partial charge in [-0.15, -0.1) is 22.7 Å².